The molecule has 1 aliphatic carbocycles. The predicted octanol–water partition coefficient (Wildman–Crippen LogP) is 2.30. The molecule has 1 aromatic rings. The first-order valence-corrected chi connectivity index (χ1v) is 5.78. The second kappa shape index (κ2) is 3.24. The van der Waals surface area contributed by atoms with Crippen LogP contribution in [-0.2, 0) is 0 Å². The zero-order valence-corrected chi connectivity index (χ0v) is 9.12. The third kappa shape index (κ3) is 1.21. The average molecular weight is 203 g/mol. The summed E-state index contributed by atoms with van der Waals surface area (Å²) in [4.78, 5) is 0. The Morgan fingerprint density at radius 2 is 2.20 bits per heavy atom. The average Bonchev–Trinajstić information content (AvgIpc) is 2.54. The first-order chi connectivity index (χ1) is 7.36. The number of likely N-dealkylation sites (N-methyl/N-ethyl adjacent to an activating group) is 1. The summed E-state index contributed by atoms with van der Waals surface area (Å²) < 4.78 is 6.16. The van der Waals surface area contributed by atoms with E-state index in [4.69, 9.17) is 4.74 Å². The van der Waals surface area contributed by atoms with Crippen molar-refractivity contribution in [2.45, 2.75) is 30.8 Å². The highest BCUT2D eigenvalue weighted by Gasteiger charge is 2.51. The number of hydrogen-bond donors (Lipinski definition) is 1. The van der Waals surface area contributed by atoms with Crippen molar-refractivity contribution in [1.29, 1.82) is 0 Å². The van der Waals surface area contributed by atoms with Gasteiger partial charge in [0, 0.05) is 18.0 Å². The Hall–Kier alpha value is -1.02. The Kier molecular flexibility index (Phi) is 1.99. The topological polar surface area (TPSA) is 21.3 Å². The molecule has 1 heterocycles. The molecule has 0 saturated heterocycles. The third-order valence-corrected chi connectivity index (χ3v) is 3.85. The van der Waals surface area contributed by atoms with Crippen molar-refractivity contribution in [3.63, 3.8) is 0 Å². The molecular formula is C13H17NO. The van der Waals surface area contributed by atoms with Gasteiger partial charge in [-0.3, -0.25) is 0 Å². The number of para-hydroxylation sites is 1. The van der Waals surface area contributed by atoms with Gasteiger partial charge < -0.3 is 10.1 Å². The minimum Gasteiger partial charge on any atom is -0.486 e. The molecule has 2 nitrogen and oxygen atoms in total. The first-order valence-electron chi connectivity index (χ1n) is 5.78. The zero-order chi connectivity index (χ0) is 10.3. The molecule has 1 spiro atoms. The van der Waals surface area contributed by atoms with Gasteiger partial charge in [0.2, 0.25) is 0 Å². The first kappa shape index (κ1) is 9.22. The van der Waals surface area contributed by atoms with Gasteiger partial charge in [-0.1, -0.05) is 18.2 Å². The van der Waals surface area contributed by atoms with Crippen LogP contribution in [-0.4, -0.2) is 19.2 Å². The quantitative estimate of drug-likeness (QED) is 0.796. The lowest BCUT2D eigenvalue weighted by Gasteiger charge is -2.42. The molecule has 2 aliphatic rings. The largest absolute Gasteiger partial charge is 0.486 e. The molecule has 2 heteroatoms. The summed E-state index contributed by atoms with van der Waals surface area (Å²) in [5.41, 5.74) is 1.53. The van der Waals surface area contributed by atoms with E-state index in [0.717, 1.165) is 12.3 Å². The van der Waals surface area contributed by atoms with Crippen LogP contribution in [0.3, 0.4) is 0 Å². The molecule has 1 aromatic carbocycles. The Labute approximate surface area is 90.6 Å². The monoisotopic (exact) mass is 203 g/mol. The number of benzene rings is 1. The molecule has 0 bridgehead atoms. The van der Waals surface area contributed by atoms with Gasteiger partial charge in [-0.2, -0.15) is 0 Å². The van der Waals surface area contributed by atoms with Crippen LogP contribution in [0, 0.1) is 0 Å². The molecule has 0 radical (unpaired) electrons. The van der Waals surface area contributed by atoms with E-state index in [2.05, 4.69) is 29.6 Å². The van der Waals surface area contributed by atoms with E-state index in [1.54, 1.807) is 0 Å². The number of hydrogen-bond acceptors (Lipinski definition) is 2. The van der Waals surface area contributed by atoms with Crippen LogP contribution in [0.15, 0.2) is 24.3 Å². The van der Waals surface area contributed by atoms with Crippen LogP contribution in [0.25, 0.3) is 0 Å². The summed E-state index contributed by atoms with van der Waals surface area (Å²) in [5, 5.41) is 3.29. The standard InChI is InChI=1S/C13H17NO/c1-14-9-11-10-5-2-3-6-12(10)15-13(11)7-4-8-13/h2-3,5-6,11,14H,4,7-9H2,1H3. The Balaban J connectivity index is 1.99. The highest BCUT2D eigenvalue weighted by Crippen LogP contribution is 2.53. The summed E-state index contributed by atoms with van der Waals surface area (Å²) in [6.45, 7) is 1.02. The predicted molar refractivity (Wildman–Crippen MR) is 60.3 cm³/mol. The molecular weight excluding hydrogens is 186 g/mol. The van der Waals surface area contributed by atoms with E-state index >= 15 is 0 Å². The molecule has 80 valence electrons. The number of nitrogens with one attached hydrogen (secondary N) is 1. The second-order valence-corrected chi connectivity index (χ2v) is 4.67. The Morgan fingerprint density at radius 1 is 1.40 bits per heavy atom. The fourth-order valence-corrected chi connectivity index (χ4v) is 2.91. The van der Waals surface area contributed by atoms with Gasteiger partial charge in [-0.05, 0) is 32.4 Å². The number of ether oxygens (including phenoxy) is 1. The molecule has 1 N–H and O–H groups in total. The molecule has 1 atom stereocenters. The molecule has 1 unspecified atom stereocenters. The van der Waals surface area contributed by atoms with Gasteiger partial charge in [0.15, 0.2) is 0 Å². The van der Waals surface area contributed by atoms with Crippen molar-refractivity contribution in [2.75, 3.05) is 13.6 Å². The molecule has 15 heavy (non-hydrogen) atoms. The van der Waals surface area contributed by atoms with Crippen molar-refractivity contribution >= 4 is 0 Å². The molecule has 0 aromatic heterocycles. The molecule has 0 amide bonds. The maximum atomic E-state index is 6.16. The van der Waals surface area contributed by atoms with E-state index in [1.165, 1.54) is 24.8 Å². The summed E-state index contributed by atoms with van der Waals surface area (Å²) in [7, 11) is 2.02. The van der Waals surface area contributed by atoms with Crippen LogP contribution < -0.4 is 10.1 Å². The summed E-state index contributed by atoms with van der Waals surface area (Å²) in [5.74, 6) is 1.66. The van der Waals surface area contributed by atoms with Gasteiger partial charge in [0.1, 0.15) is 11.4 Å². The smallest absolute Gasteiger partial charge is 0.123 e. The Morgan fingerprint density at radius 3 is 2.87 bits per heavy atom. The van der Waals surface area contributed by atoms with Crippen LogP contribution >= 0.6 is 0 Å². The highest BCUT2D eigenvalue weighted by molar-refractivity contribution is 5.44. The minimum atomic E-state index is 0.132. The molecule has 1 fully saturated rings. The van der Waals surface area contributed by atoms with Crippen molar-refractivity contribution in [1.82, 2.24) is 5.32 Å². The fourth-order valence-electron chi connectivity index (χ4n) is 2.91. The SMILES string of the molecule is CNCC1c2ccccc2OC12CCC2. The second-order valence-electron chi connectivity index (χ2n) is 4.67. The van der Waals surface area contributed by atoms with E-state index < -0.39 is 0 Å². The van der Waals surface area contributed by atoms with Crippen molar-refractivity contribution in [3.8, 4) is 5.75 Å². The highest BCUT2D eigenvalue weighted by atomic mass is 16.5. The van der Waals surface area contributed by atoms with E-state index in [-0.39, 0.29) is 5.60 Å². The van der Waals surface area contributed by atoms with Crippen LogP contribution in [0.1, 0.15) is 30.7 Å². The summed E-state index contributed by atoms with van der Waals surface area (Å²) in [6.07, 6.45) is 3.75. The van der Waals surface area contributed by atoms with Crippen LogP contribution in [0.5, 0.6) is 5.75 Å². The zero-order valence-electron chi connectivity index (χ0n) is 9.12. The summed E-state index contributed by atoms with van der Waals surface area (Å²) in [6, 6.07) is 8.49. The lowest BCUT2D eigenvalue weighted by Crippen LogP contribution is -2.47. The summed E-state index contributed by atoms with van der Waals surface area (Å²) >= 11 is 0. The maximum absolute atomic E-state index is 6.16. The normalized spacial score (nSPS) is 25.8. The van der Waals surface area contributed by atoms with Crippen molar-refractivity contribution in [3.05, 3.63) is 29.8 Å². The van der Waals surface area contributed by atoms with Gasteiger partial charge in [0.05, 0.1) is 0 Å². The van der Waals surface area contributed by atoms with Crippen molar-refractivity contribution < 1.29 is 4.74 Å². The third-order valence-electron chi connectivity index (χ3n) is 3.85. The molecule has 1 aliphatic heterocycles. The maximum Gasteiger partial charge on any atom is 0.123 e. The lowest BCUT2D eigenvalue weighted by atomic mass is 9.70. The molecule has 3 rings (SSSR count). The number of fused-ring (bicyclic) bond motifs is 1. The Bertz CT molecular complexity index is 371. The van der Waals surface area contributed by atoms with E-state index in [9.17, 15) is 0 Å². The van der Waals surface area contributed by atoms with Gasteiger partial charge in [-0.25, -0.2) is 0 Å². The lowest BCUT2D eigenvalue weighted by molar-refractivity contribution is -0.00838. The number of rotatable bonds is 2. The molecule has 1 saturated carbocycles. The fraction of sp³-hybridized carbons (Fsp3) is 0.538. The minimum absolute atomic E-state index is 0.132. The van der Waals surface area contributed by atoms with Crippen molar-refractivity contribution in [2.24, 2.45) is 0 Å². The van der Waals surface area contributed by atoms with Crippen LogP contribution in [0.2, 0.25) is 0 Å². The van der Waals surface area contributed by atoms with Crippen LogP contribution in [0.4, 0.5) is 0 Å². The van der Waals surface area contributed by atoms with Gasteiger partial charge in [-0.15, -0.1) is 0 Å². The van der Waals surface area contributed by atoms with Gasteiger partial charge in [0.25, 0.3) is 0 Å². The van der Waals surface area contributed by atoms with E-state index in [1.807, 2.05) is 7.05 Å². The van der Waals surface area contributed by atoms with E-state index in [0.29, 0.717) is 5.92 Å². The van der Waals surface area contributed by atoms with Gasteiger partial charge >= 0.3 is 0 Å².